The summed E-state index contributed by atoms with van der Waals surface area (Å²) >= 11 is 4.00. The van der Waals surface area contributed by atoms with E-state index in [1.807, 2.05) is 13.8 Å². The Labute approximate surface area is 193 Å². The maximum Gasteiger partial charge on any atom is 0.335 e. The lowest BCUT2D eigenvalue weighted by atomic mass is 10.1. The van der Waals surface area contributed by atoms with E-state index in [1.165, 1.54) is 12.1 Å². The number of nitro benzene ring substituents is 1. The Morgan fingerprint density at radius 1 is 1.28 bits per heavy atom. The normalized spacial score (nSPS) is 10.9. The van der Waals surface area contributed by atoms with Crippen LogP contribution in [0.2, 0.25) is 0 Å². The molecule has 0 aliphatic rings. The lowest BCUT2D eigenvalue weighted by Crippen LogP contribution is -2.31. The fraction of sp³-hybridized carbons (Fsp3) is 0.100. The van der Waals surface area contributed by atoms with Gasteiger partial charge in [-0.3, -0.25) is 24.9 Å². The first kappa shape index (κ1) is 23.0. The maximum absolute atomic E-state index is 12.4. The van der Waals surface area contributed by atoms with Crippen LogP contribution in [-0.4, -0.2) is 25.8 Å². The number of aryl methyl sites for hydroxylation is 2. The monoisotopic (exact) mass is 515 g/mol. The number of aromatic amines is 1. The second kappa shape index (κ2) is 9.21. The van der Waals surface area contributed by atoms with E-state index in [1.54, 1.807) is 17.5 Å². The summed E-state index contributed by atoms with van der Waals surface area (Å²) in [6.45, 7) is 3.72. The molecular weight excluding hydrogens is 502 g/mol. The van der Waals surface area contributed by atoms with Crippen LogP contribution in [0.5, 0.6) is 5.88 Å². The predicted molar refractivity (Wildman–Crippen MR) is 123 cm³/mol. The van der Waals surface area contributed by atoms with Gasteiger partial charge in [0.1, 0.15) is 15.9 Å². The van der Waals surface area contributed by atoms with Gasteiger partial charge in [-0.2, -0.15) is 5.26 Å². The molecule has 0 radical (unpaired) electrons. The highest BCUT2D eigenvalue weighted by molar-refractivity contribution is 9.10. The van der Waals surface area contributed by atoms with Crippen molar-refractivity contribution in [2.24, 2.45) is 4.99 Å². The highest BCUT2D eigenvalue weighted by Crippen LogP contribution is 2.32. The Bertz CT molecular complexity index is 1440. The first-order valence-corrected chi connectivity index (χ1v) is 10.5. The summed E-state index contributed by atoms with van der Waals surface area (Å²) in [6, 6.07) is 7.36. The third-order valence-corrected chi connectivity index (χ3v) is 5.85. The van der Waals surface area contributed by atoms with Gasteiger partial charge in [0, 0.05) is 16.8 Å². The summed E-state index contributed by atoms with van der Waals surface area (Å²) in [6.07, 6.45) is 1.01. The molecule has 0 unspecified atom stereocenters. The Hall–Kier alpha value is -3.69. The minimum atomic E-state index is -0.876. The number of nitriles is 1. The zero-order valence-electron chi connectivity index (χ0n) is 16.6. The summed E-state index contributed by atoms with van der Waals surface area (Å²) in [5, 5.41) is 32.5. The van der Waals surface area contributed by atoms with E-state index < -0.39 is 22.1 Å². The van der Waals surface area contributed by atoms with Gasteiger partial charge in [-0.05, 0) is 76.9 Å². The number of hydrogen-bond donors (Lipinski definition) is 2. The van der Waals surface area contributed by atoms with Gasteiger partial charge >= 0.3 is 5.69 Å². The molecule has 162 valence electrons. The molecular formula is C20H14BrN5O5S. The van der Waals surface area contributed by atoms with Gasteiger partial charge in [0.05, 0.1) is 16.3 Å². The maximum atomic E-state index is 12.4. The van der Waals surface area contributed by atoms with E-state index in [9.17, 15) is 24.8 Å². The molecule has 3 rings (SSSR count). The van der Waals surface area contributed by atoms with Crippen LogP contribution < -0.4 is 11.2 Å². The van der Waals surface area contributed by atoms with E-state index in [-0.39, 0.29) is 21.8 Å². The number of benzene rings is 2. The Morgan fingerprint density at radius 3 is 2.62 bits per heavy atom. The standard InChI is InChI=1S/C20H14BrN5O5S/c1-10-5-14(21)15(6-11(10)2)25-19(28)13(18(27)24-20(25)29)8-23-12-3-4-17(32-9-22)16(7-12)26(30)31/h3-8,28H,1-2H3,(H,24,27,29). The van der Waals surface area contributed by atoms with Crippen molar-refractivity contribution in [3.63, 3.8) is 0 Å². The van der Waals surface area contributed by atoms with Crippen LogP contribution in [0, 0.1) is 34.6 Å². The summed E-state index contributed by atoms with van der Waals surface area (Å²) in [4.78, 5) is 41.6. The third-order valence-electron chi connectivity index (χ3n) is 4.56. The van der Waals surface area contributed by atoms with E-state index in [0.717, 1.165) is 28.0 Å². The number of nitro groups is 1. The van der Waals surface area contributed by atoms with Crippen molar-refractivity contribution in [3.8, 4) is 17.0 Å². The molecule has 10 nitrogen and oxygen atoms in total. The molecule has 0 amide bonds. The Kier molecular flexibility index (Phi) is 6.61. The van der Waals surface area contributed by atoms with Crippen molar-refractivity contribution in [2.45, 2.75) is 18.7 Å². The van der Waals surface area contributed by atoms with Gasteiger partial charge in [0.15, 0.2) is 0 Å². The minimum Gasteiger partial charge on any atom is -0.493 e. The number of aromatic hydroxyl groups is 1. The third kappa shape index (κ3) is 4.48. The smallest absolute Gasteiger partial charge is 0.335 e. The van der Waals surface area contributed by atoms with Gasteiger partial charge in [0.2, 0.25) is 5.88 Å². The molecule has 1 aromatic heterocycles. The van der Waals surface area contributed by atoms with Gasteiger partial charge in [-0.1, -0.05) is 0 Å². The van der Waals surface area contributed by atoms with Crippen LogP contribution in [-0.2, 0) is 0 Å². The Morgan fingerprint density at radius 2 is 1.97 bits per heavy atom. The number of nitrogens with one attached hydrogen (secondary N) is 1. The molecule has 0 atom stereocenters. The quantitative estimate of drug-likeness (QED) is 0.172. The zero-order chi connectivity index (χ0) is 23.6. The molecule has 3 aromatic rings. The van der Waals surface area contributed by atoms with Crippen molar-refractivity contribution in [3.05, 3.63) is 82.4 Å². The van der Waals surface area contributed by atoms with E-state index in [0.29, 0.717) is 21.9 Å². The molecule has 0 spiro atoms. The van der Waals surface area contributed by atoms with Crippen molar-refractivity contribution >= 4 is 45.3 Å². The van der Waals surface area contributed by atoms with Crippen LogP contribution in [0.4, 0.5) is 11.4 Å². The van der Waals surface area contributed by atoms with Crippen LogP contribution in [0.25, 0.3) is 5.69 Å². The van der Waals surface area contributed by atoms with Crippen LogP contribution in [0.1, 0.15) is 16.7 Å². The molecule has 2 N–H and O–H groups in total. The average Bonchev–Trinajstić information content (AvgIpc) is 2.72. The van der Waals surface area contributed by atoms with E-state index >= 15 is 0 Å². The molecule has 1 heterocycles. The van der Waals surface area contributed by atoms with Gasteiger partial charge < -0.3 is 5.11 Å². The number of hydrogen-bond acceptors (Lipinski definition) is 8. The summed E-state index contributed by atoms with van der Waals surface area (Å²) in [5.74, 6) is -0.641. The highest BCUT2D eigenvalue weighted by atomic mass is 79.9. The van der Waals surface area contributed by atoms with Crippen molar-refractivity contribution in [1.82, 2.24) is 9.55 Å². The highest BCUT2D eigenvalue weighted by Gasteiger charge is 2.18. The van der Waals surface area contributed by atoms with Crippen molar-refractivity contribution < 1.29 is 10.0 Å². The SMILES string of the molecule is Cc1cc(Br)c(-n2c(O)c(C=Nc3ccc(SC#N)c([N+](=O)[O-])c3)c(=O)[nH]c2=O)cc1C. The van der Waals surface area contributed by atoms with Gasteiger partial charge in [-0.15, -0.1) is 0 Å². The number of nitrogens with zero attached hydrogens (tertiary/aromatic N) is 4. The number of H-pyrrole nitrogens is 1. The average molecular weight is 516 g/mol. The molecule has 32 heavy (non-hydrogen) atoms. The number of aliphatic imine (C=N–C) groups is 1. The predicted octanol–water partition coefficient (Wildman–Crippen LogP) is 3.84. The van der Waals surface area contributed by atoms with E-state index in [4.69, 9.17) is 5.26 Å². The first-order valence-electron chi connectivity index (χ1n) is 8.88. The topological polar surface area (TPSA) is 154 Å². The minimum absolute atomic E-state index is 0.114. The number of rotatable bonds is 5. The zero-order valence-corrected chi connectivity index (χ0v) is 19.0. The molecule has 0 aliphatic carbocycles. The largest absolute Gasteiger partial charge is 0.493 e. The summed E-state index contributed by atoms with van der Waals surface area (Å²) < 4.78 is 1.45. The number of halogens is 1. The molecule has 2 aromatic carbocycles. The molecule has 0 fully saturated rings. The molecule has 12 heteroatoms. The van der Waals surface area contributed by atoms with E-state index in [2.05, 4.69) is 25.9 Å². The van der Waals surface area contributed by atoms with Crippen LogP contribution in [0.3, 0.4) is 0 Å². The van der Waals surface area contributed by atoms with Gasteiger partial charge in [0.25, 0.3) is 11.2 Å². The van der Waals surface area contributed by atoms with Crippen LogP contribution in [0.15, 0.2) is 54.3 Å². The lowest BCUT2D eigenvalue weighted by Gasteiger charge is -2.13. The molecule has 0 saturated carbocycles. The Balaban J connectivity index is 2.13. The number of thiocyanates is 1. The molecule has 0 aliphatic heterocycles. The molecule has 0 saturated heterocycles. The lowest BCUT2D eigenvalue weighted by molar-refractivity contribution is -0.387. The molecule has 0 bridgehead atoms. The van der Waals surface area contributed by atoms with Gasteiger partial charge in [-0.25, -0.2) is 9.36 Å². The fourth-order valence-corrected chi connectivity index (χ4v) is 3.93. The number of aromatic nitrogens is 2. The fourth-order valence-electron chi connectivity index (χ4n) is 2.82. The second-order valence-corrected chi connectivity index (χ2v) is 8.26. The summed E-state index contributed by atoms with van der Waals surface area (Å²) in [7, 11) is 0. The summed E-state index contributed by atoms with van der Waals surface area (Å²) in [5.41, 5.74) is -0.114. The van der Waals surface area contributed by atoms with Crippen LogP contribution >= 0.6 is 27.7 Å². The van der Waals surface area contributed by atoms with Crippen molar-refractivity contribution in [1.29, 1.82) is 5.26 Å². The van der Waals surface area contributed by atoms with Crippen molar-refractivity contribution in [2.75, 3.05) is 0 Å². The number of thioether (sulfide) groups is 1. The first-order chi connectivity index (χ1) is 15.1. The second-order valence-electron chi connectivity index (χ2n) is 6.58.